The van der Waals surface area contributed by atoms with E-state index in [-0.39, 0.29) is 5.91 Å². The number of aromatic nitrogens is 1. The van der Waals surface area contributed by atoms with Gasteiger partial charge in [0.1, 0.15) is 5.82 Å². The Morgan fingerprint density at radius 1 is 1.14 bits per heavy atom. The summed E-state index contributed by atoms with van der Waals surface area (Å²) in [7, 11) is 3.92. The Labute approximate surface area is 174 Å². The SMILES string of the molecule is CN(C)c1ccc(NC(=O)c2cc(-c3ccccc3)c(N3CCOCC3)s2)nc1. The highest BCUT2D eigenvalue weighted by atomic mass is 32.1. The van der Waals surface area contributed by atoms with Crippen LogP contribution in [0.1, 0.15) is 9.67 Å². The van der Waals surface area contributed by atoms with Crippen molar-refractivity contribution in [1.29, 1.82) is 0 Å². The number of nitrogens with zero attached hydrogens (tertiary/aromatic N) is 3. The zero-order valence-corrected chi connectivity index (χ0v) is 17.4. The quantitative estimate of drug-likeness (QED) is 0.692. The third kappa shape index (κ3) is 4.41. The number of pyridine rings is 1. The van der Waals surface area contributed by atoms with Gasteiger partial charge >= 0.3 is 0 Å². The molecule has 1 fully saturated rings. The summed E-state index contributed by atoms with van der Waals surface area (Å²) in [6.45, 7) is 3.07. The Balaban J connectivity index is 1.61. The van der Waals surface area contributed by atoms with Crippen molar-refractivity contribution in [2.75, 3.05) is 55.5 Å². The first kappa shape index (κ1) is 19.4. The summed E-state index contributed by atoms with van der Waals surface area (Å²) in [4.78, 5) is 22.2. The zero-order chi connectivity index (χ0) is 20.2. The van der Waals surface area contributed by atoms with E-state index in [1.807, 2.05) is 55.4 Å². The molecule has 0 bridgehead atoms. The number of thiophene rings is 1. The summed E-state index contributed by atoms with van der Waals surface area (Å²) in [6.07, 6.45) is 1.75. The van der Waals surface area contributed by atoms with Crippen molar-refractivity contribution in [1.82, 2.24) is 4.98 Å². The van der Waals surface area contributed by atoms with E-state index in [1.54, 1.807) is 6.20 Å². The van der Waals surface area contributed by atoms with E-state index >= 15 is 0 Å². The van der Waals surface area contributed by atoms with E-state index in [4.69, 9.17) is 4.74 Å². The maximum atomic E-state index is 12.9. The largest absolute Gasteiger partial charge is 0.378 e. The van der Waals surface area contributed by atoms with Crippen LogP contribution in [0.25, 0.3) is 11.1 Å². The molecule has 1 saturated heterocycles. The molecule has 1 aromatic carbocycles. The van der Waals surface area contributed by atoms with Crippen LogP contribution in [0.2, 0.25) is 0 Å². The first-order valence-electron chi connectivity index (χ1n) is 9.58. The minimum absolute atomic E-state index is 0.142. The molecule has 0 atom stereocenters. The maximum absolute atomic E-state index is 12.9. The standard InChI is InChI=1S/C22H24N4O2S/c1-25(2)17-8-9-20(23-15-17)24-21(27)19-14-18(16-6-4-3-5-7-16)22(29-19)26-10-12-28-13-11-26/h3-9,14-15H,10-13H2,1-2H3,(H,23,24,27). The molecule has 2 aromatic heterocycles. The van der Waals surface area contributed by atoms with Gasteiger partial charge in [-0.3, -0.25) is 4.79 Å². The van der Waals surface area contributed by atoms with Gasteiger partial charge in [0.2, 0.25) is 0 Å². The van der Waals surface area contributed by atoms with Crippen molar-refractivity contribution in [3.05, 3.63) is 59.6 Å². The molecule has 7 heteroatoms. The number of ether oxygens (including phenoxy) is 1. The van der Waals surface area contributed by atoms with Crippen LogP contribution in [0.15, 0.2) is 54.7 Å². The van der Waals surface area contributed by atoms with E-state index in [1.165, 1.54) is 11.3 Å². The predicted molar refractivity (Wildman–Crippen MR) is 119 cm³/mol. The number of amides is 1. The van der Waals surface area contributed by atoms with Gasteiger partial charge in [0.25, 0.3) is 5.91 Å². The number of carbonyl (C=O) groups excluding carboxylic acids is 1. The molecule has 3 heterocycles. The Hall–Kier alpha value is -2.90. The number of hydrogen-bond acceptors (Lipinski definition) is 6. The van der Waals surface area contributed by atoms with Crippen molar-refractivity contribution < 1.29 is 9.53 Å². The molecule has 0 saturated carbocycles. The van der Waals surface area contributed by atoms with Crippen LogP contribution >= 0.6 is 11.3 Å². The van der Waals surface area contributed by atoms with E-state index < -0.39 is 0 Å². The number of hydrogen-bond donors (Lipinski definition) is 1. The number of rotatable bonds is 5. The summed E-state index contributed by atoms with van der Waals surface area (Å²) in [5.74, 6) is 0.403. The van der Waals surface area contributed by atoms with Crippen LogP contribution < -0.4 is 15.1 Å². The monoisotopic (exact) mass is 408 g/mol. The number of carbonyl (C=O) groups is 1. The molecule has 4 rings (SSSR count). The average molecular weight is 409 g/mol. The molecule has 0 radical (unpaired) electrons. The molecule has 3 aromatic rings. The van der Waals surface area contributed by atoms with Gasteiger partial charge in [-0.1, -0.05) is 30.3 Å². The van der Waals surface area contributed by atoms with Gasteiger partial charge in [-0.25, -0.2) is 4.98 Å². The lowest BCUT2D eigenvalue weighted by Crippen LogP contribution is -2.35. The second-order valence-corrected chi connectivity index (χ2v) is 8.08. The summed E-state index contributed by atoms with van der Waals surface area (Å²) in [5.41, 5.74) is 3.18. The topological polar surface area (TPSA) is 57.7 Å². The lowest BCUT2D eigenvalue weighted by atomic mass is 10.1. The lowest BCUT2D eigenvalue weighted by molar-refractivity contribution is 0.103. The highest BCUT2D eigenvalue weighted by Crippen LogP contribution is 2.39. The molecule has 0 unspecified atom stereocenters. The molecule has 150 valence electrons. The van der Waals surface area contributed by atoms with Gasteiger partial charge < -0.3 is 19.9 Å². The molecule has 29 heavy (non-hydrogen) atoms. The van der Waals surface area contributed by atoms with Gasteiger partial charge in [0.15, 0.2) is 0 Å². The van der Waals surface area contributed by atoms with Crippen LogP contribution in [0.3, 0.4) is 0 Å². The van der Waals surface area contributed by atoms with Crippen LogP contribution in [-0.2, 0) is 4.74 Å². The number of benzene rings is 1. The van der Waals surface area contributed by atoms with Gasteiger partial charge in [-0.2, -0.15) is 0 Å². The van der Waals surface area contributed by atoms with Crippen LogP contribution in [0, 0.1) is 0 Å². The van der Waals surface area contributed by atoms with Gasteiger partial charge in [-0.15, -0.1) is 11.3 Å². The first-order chi connectivity index (χ1) is 14.1. The van der Waals surface area contributed by atoms with E-state index in [9.17, 15) is 4.79 Å². The third-order valence-corrected chi connectivity index (χ3v) is 6.02. The minimum atomic E-state index is -0.142. The van der Waals surface area contributed by atoms with Crippen LogP contribution in [0.5, 0.6) is 0 Å². The van der Waals surface area contributed by atoms with E-state index in [0.717, 1.165) is 34.9 Å². The van der Waals surface area contributed by atoms with Crippen molar-refractivity contribution in [2.24, 2.45) is 0 Å². The minimum Gasteiger partial charge on any atom is -0.378 e. The average Bonchev–Trinajstić information content (AvgIpc) is 3.21. The molecule has 1 aliphatic heterocycles. The fraction of sp³-hybridized carbons (Fsp3) is 0.273. The lowest BCUT2D eigenvalue weighted by Gasteiger charge is -2.28. The molecule has 6 nitrogen and oxygen atoms in total. The van der Waals surface area contributed by atoms with Crippen molar-refractivity contribution in [2.45, 2.75) is 0 Å². The summed E-state index contributed by atoms with van der Waals surface area (Å²) in [6, 6.07) is 15.9. The van der Waals surface area contributed by atoms with Crippen LogP contribution in [-0.4, -0.2) is 51.3 Å². The van der Waals surface area contributed by atoms with Crippen molar-refractivity contribution in [3.8, 4) is 11.1 Å². The van der Waals surface area contributed by atoms with E-state index in [0.29, 0.717) is 23.9 Å². The molecular formula is C22H24N4O2S. The summed E-state index contributed by atoms with van der Waals surface area (Å²) in [5, 5.41) is 4.03. The van der Waals surface area contributed by atoms with Crippen LogP contribution in [0.4, 0.5) is 16.5 Å². The predicted octanol–water partition coefficient (Wildman–Crippen LogP) is 3.97. The number of morpholine rings is 1. The second-order valence-electron chi connectivity index (χ2n) is 7.05. The molecule has 1 N–H and O–H groups in total. The molecule has 1 aliphatic rings. The summed E-state index contributed by atoms with van der Waals surface area (Å²) >= 11 is 1.52. The van der Waals surface area contributed by atoms with Crippen molar-refractivity contribution >= 4 is 33.8 Å². The Morgan fingerprint density at radius 2 is 1.90 bits per heavy atom. The third-order valence-electron chi connectivity index (χ3n) is 4.83. The maximum Gasteiger partial charge on any atom is 0.266 e. The van der Waals surface area contributed by atoms with Gasteiger partial charge in [0.05, 0.1) is 35.0 Å². The first-order valence-corrected chi connectivity index (χ1v) is 10.4. The smallest absolute Gasteiger partial charge is 0.266 e. The Bertz CT molecular complexity index is 964. The fourth-order valence-corrected chi connectivity index (χ4v) is 4.35. The van der Waals surface area contributed by atoms with Crippen molar-refractivity contribution in [3.63, 3.8) is 0 Å². The molecule has 1 amide bonds. The fourth-order valence-electron chi connectivity index (χ4n) is 3.22. The summed E-state index contributed by atoms with van der Waals surface area (Å²) < 4.78 is 5.50. The number of anilines is 3. The Morgan fingerprint density at radius 3 is 2.55 bits per heavy atom. The molecule has 0 aliphatic carbocycles. The van der Waals surface area contributed by atoms with Gasteiger partial charge in [0, 0.05) is 32.7 Å². The molecular weight excluding hydrogens is 384 g/mol. The highest BCUT2D eigenvalue weighted by molar-refractivity contribution is 7.18. The second kappa shape index (κ2) is 8.63. The van der Waals surface area contributed by atoms with Gasteiger partial charge in [-0.05, 0) is 23.8 Å². The molecule has 0 spiro atoms. The van der Waals surface area contributed by atoms with E-state index in [2.05, 4.69) is 27.3 Å². The number of nitrogens with one attached hydrogen (secondary N) is 1. The highest BCUT2D eigenvalue weighted by Gasteiger charge is 2.22. The zero-order valence-electron chi connectivity index (χ0n) is 16.6. The Kier molecular flexibility index (Phi) is 5.78. The normalized spacial score (nSPS) is 13.9.